The van der Waals surface area contributed by atoms with Crippen LogP contribution >= 0.6 is 0 Å². The first-order chi connectivity index (χ1) is 9.95. The lowest BCUT2D eigenvalue weighted by Gasteiger charge is -2.52. The molecule has 0 radical (unpaired) electrons. The summed E-state index contributed by atoms with van der Waals surface area (Å²) in [4.78, 5) is 0. The number of rotatable bonds is 0. The zero-order valence-corrected chi connectivity index (χ0v) is 13.2. The average Bonchev–Trinajstić information content (AvgIpc) is 2.76. The van der Waals surface area contributed by atoms with Gasteiger partial charge in [0.1, 0.15) is 0 Å². The maximum absolute atomic E-state index is 9.89. The Morgan fingerprint density at radius 1 is 1.24 bits per heavy atom. The SMILES string of the molecule is C[C@]12C=CC(O)C=C1CC[C@@H]1C2=CC[C@]2(C)C(N)CC[C@@H]12. The van der Waals surface area contributed by atoms with Gasteiger partial charge in [0.05, 0.1) is 6.10 Å². The van der Waals surface area contributed by atoms with Gasteiger partial charge >= 0.3 is 0 Å². The Hall–Kier alpha value is -0.860. The van der Waals surface area contributed by atoms with Crippen molar-refractivity contribution in [3.8, 4) is 0 Å². The second-order valence-corrected chi connectivity index (χ2v) is 8.05. The summed E-state index contributed by atoms with van der Waals surface area (Å²) in [6.45, 7) is 4.76. The predicted octanol–water partition coefficient (Wildman–Crippen LogP) is 3.33. The van der Waals surface area contributed by atoms with Crippen molar-refractivity contribution < 1.29 is 5.11 Å². The maximum atomic E-state index is 9.89. The smallest absolute Gasteiger partial charge is 0.0906 e. The molecule has 114 valence electrons. The van der Waals surface area contributed by atoms with E-state index in [9.17, 15) is 5.11 Å². The molecule has 3 N–H and O–H groups in total. The van der Waals surface area contributed by atoms with Gasteiger partial charge in [0.25, 0.3) is 0 Å². The molecule has 2 unspecified atom stereocenters. The molecule has 0 aliphatic heterocycles. The van der Waals surface area contributed by atoms with E-state index in [1.165, 1.54) is 24.8 Å². The average molecular weight is 285 g/mol. The van der Waals surface area contributed by atoms with Gasteiger partial charge in [-0.3, -0.25) is 0 Å². The van der Waals surface area contributed by atoms with E-state index in [2.05, 4.69) is 32.1 Å². The van der Waals surface area contributed by atoms with Gasteiger partial charge in [-0.1, -0.05) is 42.4 Å². The van der Waals surface area contributed by atoms with E-state index in [0.717, 1.165) is 18.8 Å². The molecule has 4 rings (SSSR count). The topological polar surface area (TPSA) is 46.2 Å². The van der Waals surface area contributed by atoms with Gasteiger partial charge in [-0.15, -0.1) is 0 Å². The number of nitrogens with two attached hydrogens (primary N) is 1. The zero-order chi connectivity index (χ0) is 14.8. The first-order valence-electron chi connectivity index (χ1n) is 8.50. The molecule has 21 heavy (non-hydrogen) atoms. The number of aliphatic hydroxyl groups excluding tert-OH is 1. The van der Waals surface area contributed by atoms with Crippen LogP contribution < -0.4 is 5.73 Å². The van der Waals surface area contributed by atoms with E-state index in [1.54, 1.807) is 5.57 Å². The molecule has 0 aromatic heterocycles. The number of aliphatic hydroxyl groups is 1. The quantitative estimate of drug-likeness (QED) is 0.671. The molecule has 0 spiro atoms. The lowest BCUT2D eigenvalue weighted by atomic mass is 9.53. The molecule has 2 nitrogen and oxygen atoms in total. The molecule has 6 atom stereocenters. The minimum absolute atomic E-state index is 0.0517. The Kier molecular flexibility index (Phi) is 2.84. The molecular formula is C19H27NO. The van der Waals surface area contributed by atoms with Gasteiger partial charge in [0, 0.05) is 11.5 Å². The molecule has 0 saturated heterocycles. The van der Waals surface area contributed by atoms with Crippen LogP contribution in [0.3, 0.4) is 0 Å². The van der Waals surface area contributed by atoms with Gasteiger partial charge in [0.2, 0.25) is 0 Å². The Bertz CT molecular complexity index is 560. The summed E-state index contributed by atoms with van der Waals surface area (Å²) in [6, 6.07) is 0.369. The standard InChI is InChI=1S/C19H27NO/c1-18-9-7-13(21)11-12(18)3-4-14-15-5-6-17(20)19(15,2)10-8-16(14)18/h7-9,11,13-15,17,21H,3-6,10,20H2,1-2H3/t13?,14-,15-,17?,18-,19-/m0/s1. The van der Waals surface area contributed by atoms with Crippen molar-refractivity contribution in [2.24, 2.45) is 28.4 Å². The number of fused-ring (bicyclic) bond motifs is 5. The van der Waals surface area contributed by atoms with Crippen LogP contribution in [0, 0.1) is 22.7 Å². The Morgan fingerprint density at radius 2 is 2.05 bits per heavy atom. The molecule has 0 heterocycles. The van der Waals surface area contributed by atoms with E-state index in [-0.39, 0.29) is 11.5 Å². The van der Waals surface area contributed by atoms with Crippen molar-refractivity contribution in [3.05, 3.63) is 35.5 Å². The first-order valence-corrected chi connectivity index (χ1v) is 8.50. The normalized spacial score (nSPS) is 51.6. The van der Waals surface area contributed by atoms with Crippen molar-refractivity contribution in [3.63, 3.8) is 0 Å². The minimum Gasteiger partial charge on any atom is -0.385 e. The molecule has 4 aliphatic rings. The van der Waals surface area contributed by atoms with E-state index in [4.69, 9.17) is 5.73 Å². The molecule has 2 heteroatoms. The van der Waals surface area contributed by atoms with Crippen LogP contribution in [-0.2, 0) is 0 Å². The second kappa shape index (κ2) is 4.33. The van der Waals surface area contributed by atoms with Crippen molar-refractivity contribution >= 4 is 0 Å². The van der Waals surface area contributed by atoms with E-state index in [1.807, 2.05) is 6.08 Å². The van der Waals surface area contributed by atoms with Crippen LogP contribution in [-0.4, -0.2) is 17.3 Å². The van der Waals surface area contributed by atoms with Crippen LogP contribution in [0.25, 0.3) is 0 Å². The summed E-state index contributed by atoms with van der Waals surface area (Å²) in [6.07, 6.45) is 14.4. The number of allylic oxidation sites excluding steroid dienone is 4. The molecule has 0 amide bonds. The molecule has 0 aromatic rings. The zero-order valence-electron chi connectivity index (χ0n) is 13.2. The lowest BCUT2D eigenvalue weighted by Crippen LogP contribution is -2.46. The van der Waals surface area contributed by atoms with Crippen LogP contribution in [0.5, 0.6) is 0 Å². The van der Waals surface area contributed by atoms with Crippen LogP contribution in [0.2, 0.25) is 0 Å². The summed E-state index contributed by atoms with van der Waals surface area (Å²) in [5.74, 6) is 1.45. The third-order valence-electron chi connectivity index (χ3n) is 7.12. The van der Waals surface area contributed by atoms with Crippen molar-refractivity contribution in [2.45, 2.75) is 58.1 Å². The predicted molar refractivity (Wildman–Crippen MR) is 85.6 cm³/mol. The maximum Gasteiger partial charge on any atom is 0.0906 e. The Labute approximate surface area is 127 Å². The first kappa shape index (κ1) is 13.8. The molecular weight excluding hydrogens is 258 g/mol. The van der Waals surface area contributed by atoms with Gasteiger partial charge in [-0.2, -0.15) is 0 Å². The Morgan fingerprint density at radius 3 is 2.86 bits per heavy atom. The summed E-state index contributed by atoms with van der Waals surface area (Å²) < 4.78 is 0. The summed E-state index contributed by atoms with van der Waals surface area (Å²) in [7, 11) is 0. The van der Waals surface area contributed by atoms with E-state index < -0.39 is 0 Å². The summed E-state index contributed by atoms with van der Waals surface area (Å²) in [5, 5.41) is 9.89. The Balaban J connectivity index is 1.77. The fourth-order valence-corrected chi connectivity index (χ4v) is 5.68. The molecule has 0 aromatic carbocycles. The van der Waals surface area contributed by atoms with Crippen molar-refractivity contribution in [2.75, 3.05) is 0 Å². The minimum atomic E-state index is -0.390. The van der Waals surface area contributed by atoms with Crippen LogP contribution in [0.4, 0.5) is 0 Å². The molecule has 2 saturated carbocycles. The van der Waals surface area contributed by atoms with Gasteiger partial charge < -0.3 is 10.8 Å². The lowest BCUT2D eigenvalue weighted by molar-refractivity contribution is 0.118. The van der Waals surface area contributed by atoms with E-state index in [0.29, 0.717) is 17.4 Å². The van der Waals surface area contributed by atoms with Crippen LogP contribution in [0.15, 0.2) is 35.5 Å². The highest BCUT2D eigenvalue weighted by molar-refractivity contribution is 5.44. The largest absolute Gasteiger partial charge is 0.385 e. The fraction of sp³-hybridized carbons (Fsp3) is 0.684. The third-order valence-corrected chi connectivity index (χ3v) is 7.12. The monoisotopic (exact) mass is 285 g/mol. The van der Waals surface area contributed by atoms with E-state index >= 15 is 0 Å². The van der Waals surface area contributed by atoms with Gasteiger partial charge in [0.15, 0.2) is 0 Å². The van der Waals surface area contributed by atoms with Crippen LogP contribution in [0.1, 0.15) is 46.0 Å². The fourth-order valence-electron chi connectivity index (χ4n) is 5.68. The van der Waals surface area contributed by atoms with Gasteiger partial charge in [-0.25, -0.2) is 0 Å². The molecule has 4 aliphatic carbocycles. The summed E-state index contributed by atoms with van der Waals surface area (Å²) in [5.41, 5.74) is 9.83. The highest BCUT2D eigenvalue weighted by Gasteiger charge is 2.54. The molecule has 0 bridgehead atoms. The third kappa shape index (κ3) is 1.72. The van der Waals surface area contributed by atoms with Gasteiger partial charge in [-0.05, 0) is 56.3 Å². The second-order valence-electron chi connectivity index (χ2n) is 8.05. The number of hydrogen-bond donors (Lipinski definition) is 2. The van der Waals surface area contributed by atoms with Crippen molar-refractivity contribution in [1.82, 2.24) is 0 Å². The number of hydrogen-bond acceptors (Lipinski definition) is 2. The van der Waals surface area contributed by atoms with Crippen molar-refractivity contribution in [1.29, 1.82) is 0 Å². The highest BCUT2D eigenvalue weighted by atomic mass is 16.3. The highest BCUT2D eigenvalue weighted by Crippen LogP contribution is 2.61. The molecule has 2 fully saturated rings. The summed E-state index contributed by atoms with van der Waals surface area (Å²) >= 11 is 0.